The summed E-state index contributed by atoms with van der Waals surface area (Å²) in [6, 6.07) is 18.2. The number of hydrogen-bond acceptors (Lipinski definition) is 5. The van der Waals surface area contributed by atoms with E-state index < -0.39 is 0 Å². The molecule has 1 amide bonds. The molecule has 6 nitrogen and oxygen atoms in total. The van der Waals surface area contributed by atoms with Gasteiger partial charge in [0.15, 0.2) is 0 Å². The van der Waals surface area contributed by atoms with Gasteiger partial charge >= 0.3 is 0 Å². The number of nitrogens with zero attached hydrogens (tertiary/aromatic N) is 3. The molecule has 0 spiro atoms. The number of anilines is 2. The summed E-state index contributed by atoms with van der Waals surface area (Å²) < 4.78 is 0. The van der Waals surface area contributed by atoms with Gasteiger partial charge < -0.3 is 20.2 Å². The van der Waals surface area contributed by atoms with Crippen molar-refractivity contribution >= 4 is 17.3 Å². The van der Waals surface area contributed by atoms with Gasteiger partial charge in [-0.05, 0) is 68.2 Å². The average molecular weight is 390 g/mol. The number of pyridine rings is 1. The number of phenols is 1. The zero-order chi connectivity index (χ0) is 20.6. The van der Waals surface area contributed by atoms with E-state index in [2.05, 4.69) is 10.3 Å². The van der Waals surface area contributed by atoms with Gasteiger partial charge in [0.25, 0.3) is 5.91 Å². The van der Waals surface area contributed by atoms with Gasteiger partial charge in [-0.1, -0.05) is 12.1 Å². The number of amides is 1. The molecule has 3 aromatic rings. The zero-order valence-corrected chi connectivity index (χ0v) is 16.7. The number of nitrogens with one attached hydrogen (secondary N) is 1. The zero-order valence-electron chi connectivity index (χ0n) is 16.7. The van der Waals surface area contributed by atoms with Crippen LogP contribution in [-0.2, 0) is 6.54 Å². The molecule has 1 aromatic heterocycles. The molecule has 0 radical (unpaired) electrons. The second-order valence-electron chi connectivity index (χ2n) is 7.14. The highest BCUT2D eigenvalue weighted by Gasteiger charge is 2.16. The quantitative estimate of drug-likeness (QED) is 0.613. The van der Waals surface area contributed by atoms with Crippen LogP contribution in [0.3, 0.4) is 0 Å². The number of carbonyl (C=O) groups is 1. The number of rotatable bonds is 8. The molecule has 6 heteroatoms. The van der Waals surface area contributed by atoms with Crippen LogP contribution in [0.2, 0.25) is 0 Å². The minimum atomic E-state index is -0.0364. The van der Waals surface area contributed by atoms with E-state index in [1.807, 2.05) is 61.5 Å². The van der Waals surface area contributed by atoms with Crippen molar-refractivity contribution in [1.29, 1.82) is 0 Å². The first kappa shape index (κ1) is 20.4. The Hall–Kier alpha value is -3.38. The summed E-state index contributed by atoms with van der Waals surface area (Å²) in [6.45, 7) is 1.79. The highest BCUT2D eigenvalue weighted by atomic mass is 16.3. The van der Waals surface area contributed by atoms with Crippen molar-refractivity contribution in [2.75, 3.05) is 32.5 Å². The van der Waals surface area contributed by atoms with E-state index in [4.69, 9.17) is 0 Å². The first-order chi connectivity index (χ1) is 14.0. The van der Waals surface area contributed by atoms with Crippen LogP contribution >= 0.6 is 0 Å². The Balaban J connectivity index is 1.73. The molecular formula is C23H26N4O2. The van der Waals surface area contributed by atoms with Crippen molar-refractivity contribution in [3.05, 3.63) is 84.2 Å². The molecule has 0 saturated heterocycles. The third-order valence-electron chi connectivity index (χ3n) is 4.49. The molecule has 29 heavy (non-hydrogen) atoms. The second kappa shape index (κ2) is 9.71. The number of benzene rings is 2. The van der Waals surface area contributed by atoms with Gasteiger partial charge in [-0.25, -0.2) is 0 Å². The molecule has 2 aromatic carbocycles. The van der Waals surface area contributed by atoms with E-state index in [9.17, 15) is 9.90 Å². The topological polar surface area (TPSA) is 68.7 Å². The Morgan fingerprint density at radius 2 is 1.66 bits per heavy atom. The van der Waals surface area contributed by atoms with Gasteiger partial charge in [-0.3, -0.25) is 9.78 Å². The van der Waals surface area contributed by atoms with Gasteiger partial charge in [-0.2, -0.15) is 0 Å². The molecule has 3 rings (SSSR count). The number of aromatic hydroxyl groups is 1. The average Bonchev–Trinajstić information content (AvgIpc) is 2.72. The van der Waals surface area contributed by atoms with E-state index in [1.165, 1.54) is 0 Å². The molecular weight excluding hydrogens is 364 g/mol. The summed E-state index contributed by atoms with van der Waals surface area (Å²) in [6.07, 6.45) is 3.45. The van der Waals surface area contributed by atoms with Crippen molar-refractivity contribution in [3.63, 3.8) is 0 Å². The number of aromatic nitrogens is 1. The fourth-order valence-corrected chi connectivity index (χ4v) is 2.93. The normalized spacial score (nSPS) is 10.7. The van der Waals surface area contributed by atoms with E-state index in [0.29, 0.717) is 18.7 Å². The lowest BCUT2D eigenvalue weighted by Crippen LogP contribution is -2.36. The fraction of sp³-hybridized carbons (Fsp3) is 0.217. The van der Waals surface area contributed by atoms with Gasteiger partial charge in [0.1, 0.15) is 5.75 Å². The summed E-state index contributed by atoms with van der Waals surface area (Å²) in [7, 11) is 3.97. The molecule has 0 fully saturated rings. The summed E-state index contributed by atoms with van der Waals surface area (Å²) in [5.74, 6) is 0.166. The monoisotopic (exact) mass is 390 g/mol. The second-order valence-corrected chi connectivity index (χ2v) is 7.14. The molecule has 0 saturated carbocycles. The molecule has 0 aliphatic rings. The SMILES string of the molecule is CN(C)CCN(Cc1cccc(O)c1)C(=O)c1ccc(Nc2ccncc2)cc1. The molecule has 0 bridgehead atoms. The minimum Gasteiger partial charge on any atom is -0.508 e. The largest absolute Gasteiger partial charge is 0.508 e. The van der Waals surface area contributed by atoms with Gasteiger partial charge in [0.05, 0.1) is 0 Å². The molecule has 150 valence electrons. The van der Waals surface area contributed by atoms with Crippen molar-refractivity contribution < 1.29 is 9.90 Å². The lowest BCUT2D eigenvalue weighted by molar-refractivity contribution is 0.0732. The summed E-state index contributed by atoms with van der Waals surface area (Å²) >= 11 is 0. The molecule has 0 aliphatic carbocycles. The van der Waals surface area contributed by atoms with Crippen molar-refractivity contribution in [2.24, 2.45) is 0 Å². The molecule has 0 atom stereocenters. The maximum atomic E-state index is 13.1. The number of carbonyl (C=O) groups excluding carboxylic acids is 1. The van der Waals surface area contributed by atoms with Crippen LogP contribution in [0.5, 0.6) is 5.75 Å². The van der Waals surface area contributed by atoms with Gasteiger partial charge in [-0.15, -0.1) is 0 Å². The Morgan fingerprint density at radius 3 is 2.31 bits per heavy atom. The molecule has 0 aliphatic heterocycles. The number of hydrogen-bond donors (Lipinski definition) is 2. The van der Waals surface area contributed by atoms with Crippen molar-refractivity contribution in [1.82, 2.24) is 14.8 Å². The lowest BCUT2D eigenvalue weighted by atomic mass is 10.1. The minimum absolute atomic E-state index is 0.0364. The van der Waals surface area contributed by atoms with Crippen molar-refractivity contribution in [2.45, 2.75) is 6.54 Å². The number of phenolic OH excluding ortho intramolecular Hbond substituents is 1. The van der Waals surface area contributed by atoms with Crippen LogP contribution in [0, 0.1) is 0 Å². The number of likely N-dealkylation sites (N-methyl/N-ethyl adjacent to an activating group) is 1. The molecule has 1 heterocycles. The Morgan fingerprint density at radius 1 is 0.966 bits per heavy atom. The van der Waals surface area contributed by atoms with E-state index in [-0.39, 0.29) is 11.7 Å². The smallest absolute Gasteiger partial charge is 0.254 e. The third-order valence-corrected chi connectivity index (χ3v) is 4.49. The predicted molar refractivity (Wildman–Crippen MR) is 115 cm³/mol. The fourth-order valence-electron chi connectivity index (χ4n) is 2.93. The van der Waals surface area contributed by atoms with Crippen LogP contribution in [0.4, 0.5) is 11.4 Å². The highest BCUT2D eigenvalue weighted by molar-refractivity contribution is 5.94. The van der Waals surface area contributed by atoms with Crippen LogP contribution in [0.25, 0.3) is 0 Å². The Kier molecular flexibility index (Phi) is 6.81. The van der Waals surface area contributed by atoms with Crippen LogP contribution in [0.1, 0.15) is 15.9 Å². The van der Waals surface area contributed by atoms with Crippen LogP contribution in [-0.4, -0.2) is 53.0 Å². The van der Waals surface area contributed by atoms with E-state index in [1.54, 1.807) is 35.5 Å². The summed E-state index contributed by atoms with van der Waals surface area (Å²) in [5, 5.41) is 13.0. The molecule has 2 N–H and O–H groups in total. The summed E-state index contributed by atoms with van der Waals surface area (Å²) in [4.78, 5) is 21.0. The maximum absolute atomic E-state index is 13.1. The van der Waals surface area contributed by atoms with E-state index >= 15 is 0 Å². The first-order valence-electron chi connectivity index (χ1n) is 9.50. The van der Waals surface area contributed by atoms with Gasteiger partial charge in [0.2, 0.25) is 0 Å². The van der Waals surface area contributed by atoms with Gasteiger partial charge in [0, 0.05) is 49.0 Å². The highest BCUT2D eigenvalue weighted by Crippen LogP contribution is 2.19. The third kappa shape index (κ3) is 6.05. The van der Waals surface area contributed by atoms with Crippen LogP contribution < -0.4 is 5.32 Å². The summed E-state index contributed by atoms with van der Waals surface area (Å²) in [5.41, 5.74) is 3.37. The van der Waals surface area contributed by atoms with Crippen LogP contribution in [0.15, 0.2) is 73.1 Å². The Labute approximate surface area is 171 Å². The molecule has 0 unspecified atom stereocenters. The standard InChI is InChI=1S/C23H26N4O2/c1-26(2)14-15-27(17-18-4-3-5-22(28)16-18)23(29)19-6-8-20(9-7-19)25-21-10-12-24-13-11-21/h3-13,16,28H,14-15,17H2,1-2H3,(H,24,25). The lowest BCUT2D eigenvalue weighted by Gasteiger charge is -2.25. The Bertz CT molecular complexity index is 927. The van der Waals surface area contributed by atoms with Crippen molar-refractivity contribution in [3.8, 4) is 5.75 Å². The first-order valence-corrected chi connectivity index (χ1v) is 9.50. The predicted octanol–water partition coefficient (Wildman–Crippen LogP) is 3.73. The van der Waals surface area contributed by atoms with E-state index in [0.717, 1.165) is 23.5 Å². The maximum Gasteiger partial charge on any atom is 0.254 e.